The molecule has 2 aromatic rings. The van der Waals surface area contributed by atoms with Crippen LogP contribution in [0, 0.1) is 0 Å². The van der Waals surface area contributed by atoms with Crippen molar-refractivity contribution in [1.82, 2.24) is 25.5 Å². The summed E-state index contributed by atoms with van der Waals surface area (Å²) in [5, 5.41) is 15.7. The lowest BCUT2D eigenvalue weighted by Crippen LogP contribution is -3.13. The molecule has 1 fully saturated rings. The quantitative estimate of drug-likeness (QED) is 0.693. The van der Waals surface area contributed by atoms with Gasteiger partial charge < -0.3 is 10.2 Å². The number of likely N-dealkylation sites (tertiary alicyclic amines) is 1. The van der Waals surface area contributed by atoms with Crippen molar-refractivity contribution >= 4 is 17.7 Å². The number of hydrogen-bond donors (Lipinski definition) is 2. The Hall–Kier alpha value is -1.93. The molecular weight excluding hydrogens is 360 g/mol. The molecule has 146 valence electrons. The molecule has 1 aliphatic heterocycles. The molecule has 1 saturated heterocycles. The zero-order valence-electron chi connectivity index (χ0n) is 16.3. The Morgan fingerprint density at radius 1 is 1.30 bits per heavy atom. The third-order valence-electron chi connectivity index (χ3n) is 5.14. The van der Waals surface area contributed by atoms with E-state index < -0.39 is 0 Å². The number of piperidine rings is 1. The van der Waals surface area contributed by atoms with Crippen molar-refractivity contribution in [3.8, 4) is 5.69 Å². The predicted octanol–water partition coefficient (Wildman–Crippen LogP) is 1.06. The van der Waals surface area contributed by atoms with E-state index in [1.165, 1.54) is 17.3 Å². The van der Waals surface area contributed by atoms with Crippen LogP contribution in [0.15, 0.2) is 29.4 Å². The number of carbonyl (C=O) groups excluding carboxylic acids is 1. The summed E-state index contributed by atoms with van der Waals surface area (Å²) in [6.07, 6.45) is 2.11. The van der Waals surface area contributed by atoms with Crippen LogP contribution in [-0.4, -0.2) is 57.5 Å². The van der Waals surface area contributed by atoms with Crippen molar-refractivity contribution < 1.29 is 9.69 Å². The molecule has 0 unspecified atom stereocenters. The molecule has 1 aliphatic rings. The van der Waals surface area contributed by atoms with Crippen molar-refractivity contribution in [2.75, 3.05) is 25.4 Å². The van der Waals surface area contributed by atoms with Crippen LogP contribution in [0.1, 0.15) is 45.1 Å². The highest BCUT2D eigenvalue weighted by molar-refractivity contribution is 7.99. The van der Waals surface area contributed by atoms with Gasteiger partial charge in [-0.1, -0.05) is 37.7 Å². The summed E-state index contributed by atoms with van der Waals surface area (Å²) in [6, 6.07) is 8.51. The van der Waals surface area contributed by atoms with Gasteiger partial charge in [-0.3, -0.25) is 4.79 Å². The van der Waals surface area contributed by atoms with Crippen LogP contribution in [0.5, 0.6) is 0 Å². The molecule has 1 amide bonds. The molecule has 8 heteroatoms. The highest BCUT2D eigenvalue weighted by Crippen LogP contribution is 2.20. The number of nitrogens with one attached hydrogen (secondary N) is 2. The van der Waals surface area contributed by atoms with E-state index in [1.807, 2.05) is 12.1 Å². The lowest BCUT2D eigenvalue weighted by Gasteiger charge is -2.28. The van der Waals surface area contributed by atoms with Crippen molar-refractivity contribution in [3.63, 3.8) is 0 Å². The fourth-order valence-electron chi connectivity index (χ4n) is 3.35. The highest BCUT2D eigenvalue weighted by atomic mass is 32.2. The summed E-state index contributed by atoms with van der Waals surface area (Å²) in [5.74, 6) is 0.858. The zero-order chi connectivity index (χ0) is 19.2. The second-order valence-electron chi connectivity index (χ2n) is 7.35. The summed E-state index contributed by atoms with van der Waals surface area (Å²) in [7, 11) is 0. The van der Waals surface area contributed by atoms with E-state index >= 15 is 0 Å². The van der Waals surface area contributed by atoms with Gasteiger partial charge in [-0.25, -0.2) is 0 Å². The largest absolute Gasteiger partial charge is 0.352 e. The lowest BCUT2D eigenvalue weighted by atomic mass is 10.0. The molecule has 27 heavy (non-hydrogen) atoms. The van der Waals surface area contributed by atoms with Gasteiger partial charge in [-0.05, 0) is 41.0 Å². The number of benzene rings is 1. The average molecular weight is 390 g/mol. The summed E-state index contributed by atoms with van der Waals surface area (Å²) in [6.45, 7) is 9.99. The van der Waals surface area contributed by atoms with Gasteiger partial charge in [0.2, 0.25) is 11.1 Å². The monoisotopic (exact) mass is 389 g/mol. The Morgan fingerprint density at radius 3 is 2.63 bits per heavy atom. The van der Waals surface area contributed by atoms with Crippen molar-refractivity contribution in [2.24, 2.45) is 0 Å². The topological polar surface area (TPSA) is 77.1 Å². The Bertz CT molecular complexity index is 737. The Kier molecular flexibility index (Phi) is 6.84. The first-order valence-corrected chi connectivity index (χ1v) is 10.7. The van der Waals surface area contributed by atoms with E-state index in [0.717, 1.165) is 38.2 Å². The smallest absolute Gasteiger partial charge is 0.230 e. The normalized spacial score (nSPS) is 20.0. The van der Waals surface area contributed by atoms with Crippen LogP contribution in [-0.2, 0) is 4.79 Å². The minimum Gasteiger partial charge on any atom is -0.352 e. The lowest BCUT2D eigenvalue weighted by molar-refractivity contribution is -0.903. The molecule has 0 saturated carbocycles. The molecule has 7 nitrogen and oxygen atoms in total. The van der Waals surface area contributed by atoms with E-state index in [0.29, 0.717) is 22.9 Å². The van der Waals surface area contributed by atoms with Crippen LogP contribution < -0.4 is 10.2 Å². The van der Waals surface area contributed by atoms with Crippen molar-refractivity contribution in [2.45, 2.75) is 50.7 Å². The van der Waals surface area contributed by atoms with E-state index in [2.05, 4.69) is 53.7 Å². The second kappa shape index (κ2) is 9.32. The Balaban J connectivity index is 1.53. The summed E-state index contributed by atoms with van der Waals surface area (Å²) < 4.78 is 1.69. The van der Waals surface area contributed by atoms with Crippen LogP contribution >= 0.6 is 11.8 Å². The van der Waals surface area contributed by atoms with Crippen LogP contribution in [0.25, 0.3) is 5.69 Å². The van der Waals surface area contributed by atoms with Crippen LogP contribution in [0.4, 0.5) is 0 Å². The number of aromatic nitrogens is 4. The zero-order valence-corrected chi connectivity index (χ0v) is 17.1. The molecule has 0 atom stereocenters. The van der Waals surface area contributed by atoms with Crippen LogP contribution in [0.2, 0.25) is 0 Å². The van der Waals surface area contributed by atoms with Crippen LogP contribution in [0.3, 0.4) is 0 Å². The Morgan fingerprint density at radius 2 is 2.00 bits per heavy atom. The maximum Gasteiger partial charge on any atom is 0.230 e. The average Bonchev–Trinajstić information content (AvgIpc) is 3.15. The van der Waals surface area contributed by atoms with E-state index in [4.69, 9.17) is 0 Å². The second-order valence-corrected chi connectivity index (χ2v) is 8.30. The van der Waals surface area contributed by atoms with Gasteiger partial charge in [0.05, 0.1) is 31.1 Å². The van der Waals surface area contributed by atoms with Crippen molar-refractivity contribution in [3.05, 3.63) is 29.8 Å². The molecule has 0 radical (unpaired) electrons. The number of rotatable bonds is 7. The maximum atomic E-state index is 12.3. The predicted molar refractivity (Wildman–Crippen MR) is 106 cm³/mol. The summed E-state index contributed by atoms with van der Waals surface area (Å²) >= 11 is 1.37. The Labute approximate surface area is 164 Å². The molecule has 1 aromatic heterocycles. The highest BCUT2D eigenvalue weighted by Gasteiger charge is 2.22. The standard InChI is InChI=1S/C19H28N6OS/c1-4-24-11-9-16(10-12-24)20-18(26)13-27-19-21-22-23-25(19)17-7-5-15(6-8-17)14(2)3/h5-8,14,16H,4,9-13H2,1-3H3,(H,20,26)/p+1. The molecule has 2 N–H and O–H groups in total. The number of nitrogens with zero attached hydrogens (tertiary/aromatic N) is 4. The van der Waals surface area contributed by atoms with Gasteiger partial charge in [0.25, 0.3) is 0 Å². The van der Waals surface area contributed by atoms with Gasteiger partial charge in [-0.2, -0.15) is 4.68 Å². The van der Waals surface area contributed by atoms with Gasteiger partial charge in [0.1, 0.15) is 0 Å². The first-order valence-electron chi connectivity index (χ1n) is 9.71. The molecular formula is C19H29N6OS+. The number of quaternary nitrogens is 1. The number of carbonyl (C=O) groups is 1. The first kappa shape index (κ1) is 19.8. The van der Waals surface area contributed by atoms with Gasteiger partial charge >= 0.3 is 0 Å². The number of thioether (sulfide) groups is 1. The van der Waals surface area contributed by atoms with E-state index in [-0.39, 0.29) is 5.91 Å². The van der Waals surface area contributed by atoms with E-state index in [9.17, 15) is 4.79 Å². The SMILES string of the molecule is CC[NH+]1CCC(NC(=O)CSc2nnnn2-c2ccc(C(C)C)cc2)CC1. The number of hydrogen-bond acceptors (Lipinski definition) is 5. The van der Waals surface area contributed by atoms with Gasteiger partial charge in [0, 0.05) is 18.9 Å². The molecule has 0 spiro atoms. The number of tetrazole rings is 1. The third kappa shape index (κ3) is 5.29. The first-order chi connectivity index (χ1) is 13.1. The minimum absolute atomic E-state index is 0.0506. The fourth-order valence-corrected chi connectivity index (χ4v) is 4.06. The maximum absolute atomic E-state index is 12.3. The van der Waals surface area contributed by atoms with E-state index in [1.54, 1.807) is 9.58 Å². The fraction of sp³-hybridized carbons (Fsp3) is 0.579. The van der Waals surface area contributed by atoms with Crippen molar-refractivity contribution in [1.29, 1.82) is 0 Å². The molecule has 0 aliphatic carbocycles. The number of amides is 1. The molecule has 0 bridgehead atoms. The minimum atomic E-state index is 0.0506. The molecule has 3 rings (SSSR count). The van der Waals surface area contributed by atoms with Gasteiger partial charge in [-0.15, -0.1) is 5.10 Å². The molecule has 1 aromatic carbocycles. The third-order valence-corrected chi connectivity index (χ3v) is 6.05. The van der Waals surface area contributed by atoms with Gasteiger partial charge in [0.15, 0.2) is 0 Å². The molecule has 2 heterocycles. The summed E-state index contributed by atoms with van der Waals surface area (Å²) in [5.41, 5.74) is 2.18. The summed E-state index contributed by atoms with van der Waals surface area (Å²) in [4.78, 5) is 13.9.